The lowest BCUT2D eigenvalue weighted by Gasteiger charge is -2.07. The minimum atomic E-state index is -0.694. The van der Waals surface area contributed by atoms with Crippen LogP contribution >= 0.6 is 0 Å². The van der Waals surface area contributed by atoms with E-state index in [0.29, 0.717) is 11.3 Å². The van der Waals surface area contributed by atoms with Crippen molar-refractivity contribution in [3.8, 4) is 6.07 Å². The van der Waals surface area contributed by atoms with Gasteiger partial charge >= 0.3 is 5.97 Å². The molecule has 1 N–H and O–H groups in total. The first kappa shape index (κ1) is 19.8. The van der Waals surface area contributed by atoms with Crippen LogP contribution in [0.5, 0.6) is 0 Å². The van der Waals surface area contributed by atoms with E-state index in [-0.39, 0.29) is 30.4 Å². The number of esters is 1. The van der Waals surface area contributed by atoms with Crippen molar-refractivity contribution in [1.82, 2.24) is 4.57 Å². The zero-order chi connectivity index (χ0) is 20.8. The second kappa shape index (κ2) is 8.85. The van der Waals surface area contributed by atoms with E-state index in [0.717, 1.165) is 10.9 Å². The Bertz CT molecular complexity index is 1120. The highest BCUT2D eigenvalue weighted by Crippen LogP contribution is 2.24. The van der Waals surface area contributed by atoms with Gasteiger partial charge in [-0.25, -0.2) is 9.18 Å². The van der Waals surface area contributed by atoms with Gasteiger partial charge in [-0.05, 0) is 43.3 Å². The van der Waals surface area contributed by atoms with Gasteiger partial charge in [-0.3, -0.25) is 4.79 Å². The van der Waals surface area contributed by atoms with Crippen molar-refractivity contribution in [1.29, 1.82) is 5.26 Å². The molecule has 0 aliphatic carbocycles. The van der Waals surface area contributed by atoms with Crippen LogP contribution in [0.15, 0.2) is 60.3 Å². The maximum atomic E-state index is 13.0. The van der Waals surface area contributed by atoms with Gasteiger partial charge in [0.25, 0.3) is 0 Å². The first-order valence-corrected chi connectivity index (χ1v) is 8.94. The summed E-state index contributed by atoms with van der Waals surface area (Å²) in [6, 6.07) is 14.7. The standard InChI is InChI=1S/C22H18FN3O3/c1-2-29-22(28)15(12-24)11-16-13-26(20-6-4-3-5-19(16)20)14-21(27)25-18-9-7-17(23)8-10-18/h3-11,13H,2,14H2,1H3,(H,25,27)/b15-11+. The number of benzene rings is 2. The Morgan fingerprint density at radius 3 is 2.62 bits per heavy atom. The lowest BCUT2D eigenvalue weighted by molar-refractivity contribution is -0.137. The average molecular weight is 391 g/mol. The minimum Gasteiger partial charge on any atom is -0.462 e. The lowest BCUT2D eigenvalue weighted by atomic mass is 10.1. The van der Waals surface area contributed by atoms with Crippen molar-refractivity contribution in [2.75, 3.05) is 11.9 Å². The number of rotatable bonds is 6. The average Bonchev–Trinajstić information content (AvgIpc) is 3.05. The zero-order valence-electron chi connectivity index (χ0n) is 15.7. The second-order valence-corrected chi connectivity index (χ2v) is 6.17. The smallest absolute Gasteiger partial charge is 0.348 e. The fourth-order valence-electron chi connectivity index (χ4n) is 2.91. The summed E-state index contributed by atoms with van der Waals surface area (Å²) >= 11 is 0. The lowest BCUT2D eigenvalue weighted by Crippen LogP contribution is -2.18. The van der Waals surface area contributed by atoms with E-state index in [1.54, 1.807) is 17.7 Å². The summed E-state index contributed by atoms with van der Waals surface area (Å²) in [4.78, 5) is 24.3. The largest absolute Gasteiger partial charge is 0.462 e. The number of hydrogen-bond donors (Lipinski definition) is 1. The van der Waals surface area contributed by atoms with E-state index in [4.69, 9.17) is 4.74 Å². The molecule has 0 fully saturated rings. The highest BCUT2D eigenvalue weighted by molar-refractivity contribution is 6.01. The number of aromatic nitrogens is 1. The Morgan fingerprint density at radius 2 is 1.93 bits per heavy atom. The topological polar surface area (TPSA) is 84.1 Å². The Hall–Kier alpha value is -3.92. The first-order valence-electron chi connectivity index (χ1n) is 8.94. The normalized spacial score (nSPS) is 11.1. The van der Waals surface area contributed by atoms with Crippen molar-refractivity contribution in [2.24, 2.45) is 0 Å². The van der Waals surface area contributed by atoms with Crippen LogP contribution in [0.1, 0.15) is 12.5 Å². The summed E-state index contributed by atoms with van der Waals surface area (Å²) in [5, 5.41) is 12.8. The van der Waals surface area contributed by atoms with E-state index in [2.05, 4.69) is 5.32 Å². The number of carbonyl (C=O) groups excluding carboxylic acids is 2. The van der Waals surface area contributed by atoms with Crippen molar-refractivity contribution in [3.05, 3.63) is 71.7 Å². The molecule has 3 rings (SSSR count). The molecule has 1 heterocycles. The molecule has 3 aromatic rings. The van der Waals surface area contributed by atoms with Gasteiger partial charge < -0.3 is 14.6 Å². The number of hydrogen-bond acceptors (Lipinski definition) is 4. The third-order valence-corrected chi connectivity index (χ3v) is 4.18. The Morgan fingerprint density at radius 1 is 1.21 bits per heavy atom. The predicted octanol–water partition coefficient (Wildman–Crippen LogP) is 3.89. The summed E-state index contributed by atoms with van der Waals surface area (Å²) < 4.78 is 19.6. The molecule has 0 spiro atoms. The summed E-state index contributed by atoms with van der Waals surface area (Å²) in [6.07, 6.45) is 3.15. The highest BCUT2D eigenvalue weighted by atomic mass is 19.1. The number of anilines is 1. The number of nitriles is 1. The molecule has 0 atom stereocenters. The van der Waals surface area contributed by atoms with Crippen molar-refractivity contribution >= 4 is 34.5 Å². The number of nitrogens with one attached hydrogen (secondary N) is 1. The van der Waals surface area contributed by atoms with Gasteiger partial charge in [-0.2, -0.15) is 5.26 Å². The van der Waals surface area contributed by atoms with Gasteiger partial charge in [-0.1, -0.05) is 18.2 Å². The molecular formula is C22H18FN3O3. The summed E-state index contributed by atoms with van der Waals surface area (Å²) in [7, 11) is 0. The molecule has 7 heteroatoms. The van der Waals surface area contributed by atoms with Crippen molar-refractivity contribution < 1.29 is 18.7 Å². The SMILES string of the molecule is CCOC(=O)/C(C#N)=C/c1cn(CC(=O)Nc2ccc(F)cc2)c2ccccc12. The molecule has 0 saturated heterocycles. The fraction of sp³-hybridized carbons (Fsp3) is 0.136. The summed E-state index contributed by atoms with van der Waals surface area (Å²) in [6.45, 7) is 1.84. The Balaban J connectivity index is 1.89. The Labute approximate surface area is 166 Å². The molecule has 1 amide bonds. The van der Waals surface area contributed by atoms with Crippen LogP contribution in [0.4, 0.5) is 10.1 Å². The molecule has 29 heavy (non-hydrogen) atoms. The highest BCUT2D eigenvalue weighted by Gasteiger charge is 2.14. The number of ether oxygens (including phenoxy) is 1. The molecule has 0 saturated carbocycles. The predicted molar refractivity (Wildman–Crippen MR) is 107 cm³/mol. The monoisotopic (exact) mass is 391 g/mol. The maximum Gasteiger partial charge on any atom is 0.348 e. The van der Waals surface area contributed by atoms with Gasteiger partial charge in [0.15, 0.2) is 0 Å². The van der Waals surface area contributed by atoms with E-state index < -0.39 is 5.97 Å². The van der Waals surface area contributed by atoms with Gasteiger partial charge in [0.05, 0.1) is 6.61 Å². The maximum absolute atomic E-state index is 13.0. The molecule has 2 aromatic carbocycles. The molecule has 0 unspecified atom stereocenters. The van der Waals surface area contributed by atoms with Crippen LogP contribution in [0.3, 0.4) is 0 Å². The Kier molecular flexibility index (Phi) is 6.05. The number of halogens is 1. The van der Waals surface area contributed by atoms with E-state index in [1.165, 1.54) is 30.3 Å². The van der Waals surface area contributed by atoms with Gasteiger partial charge in [0.1, 0.15) is 24.0 Å². The first-order chi connectivity index (χ1) is 14.0. The van der Waals surface area contributed by atoms with E-state index >= 15 is 0 Å². The molecule has 0 radical (unpaired) electrons. The van der Waals surface area contributed by atoms with Crippen LogP contribution in [-0.4, -0.2) is 23.1 Å². The van der Waals surface area contributed by atoms with E-state index in [9.17, 15) is 19.2 Å². The molecule has 0 bridgehead atoms. The van der Waals surface area contributed by atoms with Crippen LogP contribution in [0.25, 0.3) is 17.0 Å². The van der Waals surface area contributed by atoms with Crippen LogP contribution in [0.2, 0.25) is 0 Å². The van der Waals surface area contributed by atoms with Crippen molar-refractivity contribution in [2.45, 2.75) is 13.5 Å². The summed E-state index contributed by atoms with van der Waals surface area (Å²) in [5.41, 5.74) is 1.77. The van der Waals surface area contributed by atoms with Crippen molar-refractivity contribution in [3.63, 3.8) is 0 Å². The molecule has 6 nitrogen and oxygen atoms in total. The van der Waals surface area contributed by atoms with Crippen LogP contribution in [-0.2, 0) is 20.9 Å². The number of fused-ring (bicyclic) bond motifs is 1. The summed E-state index contributed by atoms with van der Waals surface area (Å²) in [5.74, 6) is -1.37. The third kappa shape index (κ3) is 4.68. The van der Waals surface area contributed by atoms with Crippen LogP contribution < -0.4 is 5.32 Å². The second-order valence-electron chi connectivity index (χ2n) is 6.17. The molecule has 146 valence electrons. The van der Waals surface area contributed by atoms with Gasteiger partial charge in [0, 0.05) is 28.4 Å². The van der Waals surface area contributed by atoms with Gasteiger partial charge in [0.2, 0.25) is 5.91 Å². The minimum absolute atomic E-state index is 0.00697. The number of para-hydroxylation sites is 1. The molecule has 1 aromatic heterocycles. The number of amides is 1. The molecule has 0 aliphatic rings. The van der Waals surface area contributed by atoms with E-state index in [1.807, 2.05) is 30.3 Å². The quantitative estimate of drug-likeness (QED) is 0.393. The zero-order valence-corrected chi connectivity index (χ0v) is 15.7. The fourth-order valence-corrected chi connectivity index (χ4v) is 2.91. The molecule has 0 aliphatic heterocycles. The van der Waals surface area contributed by atoms with Gasteiger partial charge in [-0.15, -0.1) is 0 Å². The third-order valence-electron chi connectivity index (χ3n) is 4.18. The molecular weight excluding hydrogens is 373 g/mol. The number of carbonyl (C=O) groups is 2. The van der Waals surface area contributed by atoms with Crippen LogP contribution in [0, 0.1) is 17.1 Å². The number of nitrogens with zero attached hydrogens (tertiary/aromatic N) is 2.